The monoisotopic (exact) mass is 285 g/mol. The molecule has 0 N–H and O–H groups in total. The van der Waals surface area contributed by atoms with Crippen LogP contribution in [0.3, 0.4) is 0 Å². The lowest BCUT2D eigenvalue weighted by atomic mass is 9.81. The van der Waals surface area contributed by atoms with Crippen LogP contribution in [0, 0.1) is 5.41 Å². The first-order chi connectivity index (χ1) is 8.41. The zero-order valence-electron chi connectivity index (χ0n) is 10.8. The smallest absolute Gasteiger partial charge is 0.381 e. The second kappa shape index (κ2) is 7.01. The molecule has 0 spiro atoms. The van der Waals surface area contributed by atoms with E-state index in [1.807, 2.05) is 6.92 Å². The maximum Gasteiger partial charge on any atom is 0.401 e. The number of ether oxygens (including phenoxy) is 1. The molecule has 18 heavy (non-hydrogen) atoms. The summed E-state index contributed by atoms with van der Waals surface area (Å²) >= 11 is 4.34. The topological polar surface area (TPSA) is 12.5 Å². The van der Waals surface area contributed by atoms with Gasteiger partial charge in [-0.25, -0.2) is 0 Å². The minimum atomic E-state index is -4.13. The van der Waals surface area contributed by atoms with Crippen molar-refractivity contribution in [2.75, 3.05) is 38.6 Å². The molecule has 6 heteroatoms. The van der Waals surface area contributed by atoms with Crippen molar-refractivity contribution in [1.82, 2.24) is 4.90 Å². The molecule has 0 saturated carbocycles. The largest absolute Gasteiger partial charge is 0.401 e. The van der Waals surface area contributed by atoms with Crippen LogP contribution >= 0.6 is 12.6 Å². The number of halogens is 3. The summed E-state index contributed by atoms with van der Waals surface area (Å²) in [6.45, 7) is 3.29. The van der Waals surface area contributed by atoms with Crippen molar-refractivity contribution in [3.05, 3.63) is 0 Å². The van der Waals surface area contributed by atoms with E-state index in [-0.39, 0.29) is 5.41 Å². The molecule has 1 rings (SSSR count). The quantitative estimate of drug-likeness (QED) is 0.753. The molecular formula is C12H22F3NOS. The Morgan fingerprint density at radius 2 is 1.89 bits per heavy atom. The summed E-state index contributed by atoms with van der Waals surface area (Å²) in [4.78, 5) is 1.52. The molecule has 0 aromatic heterocycles. The molecule has 0 amide bonds. The van der Waals surface area contributed by atoms with Crippen molar-refractivity contribution in [2.45, 2.75) is 32.4 Å². The van der Waals surface area contributed by atoms with Crippen LogP contribution in [0.1, 0.15) is 26.2 Å². The van der Waals surface area contributed by atoms with Crippen molar-refractivity contribution in [3.63, 3.8) is 0 Å². The number of rotatable bonds is 6. The van der Waals surface area contributed by atoms with E-state index >= 15 is 0 Å². The second-order valence-electron chi connectivity index (χ2n) is 5.10. The average molecular weight is 285 g/mol. The summed E-state index contributed by atoms with van der Waals surface area (Å²) in [7, 11) is 0. The van der Waals surface area contributed by atoms with Crippen LogP contribution in [0.2, 0.25) is 0 Å². The first-order valence-corrected chi connectivity index (χ1v) is 7.02. The minimum Gasteiger partial charge on any atom is -0.381 e. The third-order valence-electron chi connectivity index (χ3n) is 3.39. The van der Waals surface area contributed by atoms with E-state index in [1.54, 1.807) is 0 Å². The Morgan fingerprint density at radius 1 is 1.28 bits per heavy atom. The Hall–Kier alpha value is 0.0600. The Morgan fingerprint density at radius 3 is 2.33 bits per heavy atom. The minimum absolute atomic E-state index is 0.123. The molecule has 1 fully saturated rings. The predicted octanol–water partition coefficient (Wildman–Crippen LogP) is 2.99. The second-order valence-corrected chi connectivity index (χ2v) is 5.41. The molecule has 1 aliphatic heterocycles. The third kappa shape index (κ3) is 5.36. The fraction of sp³-hybridized carbons (Fsp3) is 1.00. The van der Waals surface area contributed by atoms with E-state index in [9.17, 15) is 13.2 Å². The van der Waals surface area contributed by atoms with Gasteiger partial charge < -0.3 is 4.74 Å². The van der Waals surface area contributed by atoms with Crippen molar-refractivity contribution in [2.24, 2.45) is 5.41 Å². The van der Waals surface area contributed by atoms with Crippen LogP contribution in [0.15, 0.2) is 0 Å². The first kappa shape index (κ1) is 16.1. The maximum absolute atomic E-state index is 12.5. The van der Waals surface area contributed by atoms with Gasteiger partial charge in [-0.3, -0.25) is 4.90 Å². The van der Waals surface area contributed by atoms with Gasteiger partial charge in [0.25, 0.3) is 0 Å². The molecule has 0 radical (unpaired) electrons. The Bertz CT molecular complexity index is 242. The van der Waals surface area contributed by atoms with Crippen molar-refractivity contribution >= 4 is 12.6 Å². The molecule has 108 valence electrons. The Balaban J connectivity index is 2.62. The summed E-state index contributed by atoms with van der Waals surface area (Å²) in [6.07, 6.45) is -1.80. The maximum atomic E-state index is 12.5. The first-order valence-electron chi connectivity index (χ1n) is 6.38. The molecule has 1 heterocycles. The van der Waals surface area contributed by atoms with Gasteiger partial charge in [0.1, 0.15) is 0 Å². The van der Waals surface area contributed by atoms with Gasteiger partial charge in [0.15, 0.2) is 0 Å². The van der Waals surface area contributed by atoms with Gasteiger partial charge in [-0.05, 0) is 37.0 Å². The van der Waals surface area contributed by atoms with Crippen LogP contribution in [-0.2, 0) is 4.74 Å². The van der Waals surface area contributed by atoms with Crippen LogP contribution in [0.25, 0.3) is 0 Å². The predicted molar refractivity (Wildman–Crippen MR) is 69.1 cm³/mol. The van der Waals surface area contributed by atoms with Gasteiger partial charge in [-0.15, -0.1) is 0 Å². The number of alkyl halides is 3. The fourth-order valence-electron chi connectivity index (χ4n) is 2.43. The highest BCUT2D eigenvalue weighted by Gasteiger charge is 2.37. The lowest BCUT2D eigenvalue weighted by Gasteiger charge is -2.40. The Kier molecular flexibility index (Phi) is 6.27. The fourth-order valence-corrected chi connectivity index (χ4v) is 2.84. The SMILES string of the molecule is CCCN(CC(F)(F)F)CC1(CS)CCOCC1. The van der Waals surface area contributed by atoms with Crippen molar-refractivity contribution in [1.29, 1.82) is 0 Å². The van der Waals surface area contributed by atoms with Gasteiger partial charge in [-0.2, -0.15) is 25.8 Å². The molecule has 0 aromatic carbocycles. The molecular weight excluding hydrogens is 263 g/mol. The number of thiol groups is 1. The van der Waals surface area contributed by atoms with E-state index in [4.69, 9.17) is 4.74 Å². The number of hydrogen-bond acceptors (Lipinski definition) is 3. The van der Waals surface area contributed by atoms with E-state index in [0.29, 0.717) is 32.1 Å². The number of hydrogen-bond donors (Lipinski definition) is 1. The molecule has 0 aliphatic carbocycles. The van der Waals surface area contributed by atoms with Gasteiger partial charge in [0.05, 0.1) is 6.54 Å². The molecule has 2 nitrogen and oxygen atoms in total. The highest BCUT2D eigenvalue weighted by molar-refractivity contribution is 7.80. The lowest BCUT2D eigenvalue weighted by Crippen LogP contribution is -2.46. The summed E-state index contributed by atoms with van der Waals surface area (Å²) in [5, 5.41) is 0. The molecule has 0 atom stereocenters. The standard InChI is InChI=1S/C12H22F3NOS/c1-2-5-16(9-12(13,14)15)8-11(10-18)3-6-17-7-4-11/h18H,2-10H2,1H3. The van der Waals surface area contributed by atoms with Gasteiger partial charge in [0, 0.05) is 19.8 Å². The highest BCUT2D eigenvalue weighted by atomic mass is 32.1. The normalized spacial score (nSPS) is 20.3. The van der Waals surface area contributed by atoms with E-state index < -0.39 is 12.7 Å². The summed E-state index contributed by atoms with van der Waals surface area (Å²) in [6, 6.07) is 0. The lowest BCUT2D eigenvalue weighted by molar-refractivity contribution is -0.150. The zero-order chi connectivity index (χ0) is 13.6. The number of nitrogens with zero attached hydrogens (tertiary/aromatic N) is 1. The van der Waals surface area contributed by atoms with E-state index in [1.165, 1.54) is 4.90 Å². The summed E-state index contributed by atoms with van der Waals surface area (Å²) < 4.78 is 42.9. The Labute approximate surface area is 112 Å². The van der Waals surface area contributed by atoms with Crippen LogP contribution in [0.4, 0.5) is 13.2 Å². The zero-order valence-corrected chi connectivity index (χ0v) is 11.7. The van der Waals surface area contributed by atoms with E-state index in [0.717, 1.165) is 19.3 Å². The van der Waals surface area contributed by atoms with Crippen molar-refractivity contribution in [3.8, 4) is 0 Å². The molecule has 0 bridgehead atoms. The van der Waals surface area contributed by atoms with E-state index in [2.05, 4.69) is 12.6 Å². The van der Waals surface area contributed by atoms with Crippen LogP contribution < -0.4 is 0 Å². The van der Waals surface area contributed by atoms with Gasteiger partial charge in [0.2, 0.25) is 0 Å². The van der Waals surface area contributed by atoms with Crippen LogP contribution in [-0.4, -0.2) is 49.7 Å². The van der Waals surface area contributed by atoms with Gasteiger partial charge >= 0.3 is 6.18 Å². The molecule has 1 aliphatic rings. The molecule has 0 aromatic rings. The molecule has 0 unspecified atom stereocenters. The summed E-state index contributed by atoms with van der Waals surface area (Å²) in [5.41, 5.74) is -0.123. The van der Waals surface area contributed by atoms with Crippen molar-refractivity contribution < 1.29 is 17.9 Å². The third-order valence-corrected chi connectivity index (χ3v) is 4.06. The van der Waals surface area contributed by atoms with Gasteiger partial charge in [-0.1, -0.05) is 6.92 Å². The van der Waals surface area contributed by atoms with Crippen LogP contribution in [0.5, 0.6) is 0 Å². The average Bonchev–Trinajstić information content (AvgIpc) is 2.28. The molecule has 1 saturated heterocycles. The highest BCUT2D eigenvalue weighted by Crippen LogP contribution is 2.33. The summed E-state index contributed by atoms with van der Waals surface area (Å²) in [5.74, 6) is 0.619.